The minimum Gasteiger partial charge on any atom is -0.482 e. The molecule has 0 aliphatic carbocycles. The highest BCUT2D eigenvalue weighted by Crippen LogP contribution is 2.25. The van der Waals surface area contributed by atoms with Crippen molar-refractivity contribution in [2.45, 2.75) is 27.2 Å². The lowest BCUT2D eigenvalue weighted by molar-refractivity contribution is -0.136. The van der Waals surface area contributed by atoms with Crippen LogP contribution in [0.3, 0.4) is 0 Å². The molecule has 0 bridgehead atoms. The Kier molecular flexibility index (Phi) is 7.04. The Hall–Kier alpha value is -2.53. The number of benzene rings is 2. The molecule has 0 spiro atoms. The van der Waals surface area contributed by atoms with Crippen LogP contribution in [0.1, 0.15) is 34.8 Å². The third-order valence-corrected chi connectivity index (χ3v) is 4.10. The van der Waals surface area contributed by atoms with E-state index in [-0.39, 0.29) is 12.4 Å². The van der Waals surface area contributed by atoms with Crippen molar-refractivity contribution in [3.63, 3.8) is 0 Å². The lowest BCUT2D eigenvalue weighted by Gasteiger charge is -2.10. The fourth-order valence-electron chi connectivity index (χ4n) is 2.26. The number of halogens is 1. The molecule has 2 rings (SSSR count). The summed E-state index contributed by atoms with van der Waals surface area (Å²) in [5, 5.41) is 0.673. The van der Waals surface area contributed by atoms with Gasteiger partial charge >= 0.3 is 11.9 Å². The Balaban J connectivity index is 1.94. The van der Waals surface area contributed by atoms with E-state index in [1.165, 1.54) is 6.07 Å². The van der Waals surface area contributed by atoms with E-state index in [4.69, 9.17) is 25.8 Å². The van der Waals surface area contributed by atoms with Crippen LogP contribution in [0.25, 0.3) is 0 Å². The highest BCUT2D eigenvalue weighted by molar-refractivity contribution is 6.32. The molecule has 138 valence electrons. The van der Waals surface area contributed by atoms with Crippen LogP contribution in [-0.2, 0) is 9.53 Å². The zero-order valence-corrected chi connectivity index (χ0v) is 15.8. The molecule has 0 aliphatic heterocycles. The molecule has 0 saturated heterocycles. The molecule has 0 aromatic heterocycles. The Morgan fingerprint density at radius 1 is 1.04 bits per heavy atom. The monoisotopic (exact) mass is 376 g/mol. The van der Waals surface area contributed by atoms with E-state index in [1.54, 1.807) is 30.3 Å². The third kappa shape index (κ3) is 5.49. The maximum atomic E-state index is 12.0. The number of carbonyl (C=O) groups excluding carboxylic acids is 2. The van der Waals surface area contributed by atoms with Gasteiger partial charge in [-0.05, 0) is 61.7 Å². The van der Waals surface area contributed by atoms with Gasteiger partial charge in [-0.3, -0.25) is 0 Å². The maximum absolute atomic E-state index is 12.0. The second-order valence-electron chi connectivity index (χ2n) is 5.80. The lowest BCUT2D eigenvalue weighted by Crippen LogP contribution is -2.18. The van der Waals surface area contributed by atoms with Gasteiger partial charge in [0.25, 0.3) is 0 Å². The number of hydrogen-bond donors (Lipinski definition) is 0. The van der Waals surface area contributed by atoms with Crippen LogP contribution in [-0.4, -0.2) is 25.2 Å². The zero-order valence-electron chi connectivity index (χ0n) is 15.0. The van der Waals surface area contributed by atoms with E-state index in [2.05, 4.69) is 0 Å². The summed E-state index contributed by atoms with van der Waals surface area (Å²) in [5.74, 6) is -0.228. The van der Waals surface area contributed by atoms with Crippen LogP contribution >= 0.6 is 11.6 Å². The first kappa shape index (κ1) is 19.8. The molecular weight excluding hydrogens is 356 g/mol. The first-order valence-corrected chi connectivity index (χ1v) is 8.66. The summed E-state index contributed by atoms with van der Waals surface area (Å²) in [4.78, 5) is 23.8. The van der Waals surface area contributed by atoms with E-state index in [0.717, 1.165) is 17.5 Å². The average Bonchev–Trinajstić information content (AvgIpc) is 2.62. The van der Waals surface area contributed by atoms with Gasteiger partial charge in [0.15, 0.2) is 6.61 Å². The highest BCUT2D eigenvalue weighted by Gasteiger charge is 2.11. The first-order valence-electron chi connectivity index (χ1n) is 8.28. The van der Waals surface area contributed by atoms with Crippen molar-refractivity contribution in [2.24, 2.45) is 0 Å². The SMILES string of the molecule is CCCOC(=O)c1cccc(OC(=O)COc2cc(C)c(Cl)c(C)c2)c1. The normalized spacial score (nSPS) is 10.3. The van der Waals surface area contributed by atoms with Crippen LogP contribution in [0.2, 0.25) is 5.02 Å². The predicted molar refractivity (Wildman–Crippen MR) is 99.1 cm³/mol. The third-order valence-electron chi connectivity index (χ3n) is 3.51. The molecule has 2 aromatic rings. The highest BCUT2D eigenvalue weighted by atomic mass is 35.5. The number of rotatable bonds is 7. The number of carbonyl (C=O) groups is 2. The van der Waals surface area contributed by atoms with Gasteiger partial charge in [-0.2, -0.15) is 0 Å². The van der Waals surface area contributed by atoms with E-state index in [0.29, 0.717) is 22.9 Å². The topological polar surface area (TPSA) is 61.8 Å². The molecule has 0 N–H and O–H groups in total. The number of ether oxygens (including phenoxy) is 3. The fraction of sp³-hybridized carbons (Fsp3) is 0.300. The molecule has 0 radical (unpaired) electrons. The molecule has 26 heavy (non-hydrogen) atoms. The predicted octanol–water partition coefficient (Wildman–Crippen LogP) is 4.51. The van der Waals surface area contributed by atoms with Gasteiger partial charge in [-0.15, -0.1) is 0 Å². The molecule has 0 heterocycles. The van der Waals surface area contributed by atoms with Gasteiger partial charge in [-0.25, -0.2) is 9.59 Å². The molecule has 0 fully saturated rings. The molecule has 5 nitrogen and oxygen atoms in total. The van der Waals surface area contributed by atoms with E-state index in [9.17, 15) is 9.59 Å². The van der Waals surface area contributed by atoms with Crippen molar-refractivity contribution >= 4 is 23.5 Å². The Labute approximate surface area is 157 Å². The molecule has 0 unspecified atom stereocenters. The molecule has 2 aromatic carbocycles. The second-order valence-corrected chi connectivity index (χ2v) is 6.18. The van der Waals surface area contributed by atoms with E-state index < -0.39 is 11.9 Å². The largest absolute Gasteiger partial charge is 0.482 e. The van der Waals surface area contributed by atoms with Crippen LogP contribution in [0, 0.1) is 13.8 Å². The van der Waals surface area contributed by atoms with Gasteiger partial charge in [0.1, 0.15) is 11.5 Å². The van der Waals surface area contributed by atoms with Crippen molar-refractivity contribution in [3.8, 4) is 11.5 Å². The summed E-state index contributed by atoms with van der Waals surface area (Å²) in [5.41, 5.74) is 2.07. The summed E-state index contributed by atoms with van der Waals surface area (Å²) in [6, 6.07) is 9.79. The second kappa shape index (κ2) is 9.25. The van der Waals surface area contributed by atoms with Gasteiger partial charge in [-0.1, -0.05) is 24.6 Å². The Morgan fingerprint density at radius 2 is 1.73 bits per heavy atom. The molecule has 0 saturated carbocycles. The Morgan fingerprint density at radius 3 is 2.38 bits per heavy atom. The van der Waals surface area contributed by atoms with Gasteiger partial charge in [0, 0.05) is 5.02 Å². The summed E-state index contributed by atoms with van der Waals surface area (Å²) >= 11 is 6.11. The standard InChI is InChI=1S/C20H21ClO5/c1-4-8-24-20(23)15-6-5-7-16(11-15)26-18(22)12-25-17-9-13(2)19(21)14(3)10-17/h5-7,9-11H,4,8,12H2,1-3H3. The summed E-state index contributed by atoms with van der Waals surface area (Å²) in [7, 11) is 0. The van der Waals surface area contributed by atoms with Gasteiger partial charge in [0.2, 0.25) is 0 Å². The summed E-state index contributed by atoms with van der Waals surface area (Å²) < 4.78 is 15.7. The molecule has 0 amide bonds. The quantitative estimate of drug-likeness (QED) is 0.525. The van der Waals surface area contributed by atoms with Crippen LogP contribution in [0.15, 0.2) is 36.4 Å². The molecule has 0 aliphatic rings. The minimum atomic E-state index is -0.575. The van der Waals surface area contributed by atoms with Crippen LogP contribution < -0.4 is 9.47 Å². The van der Waals surface area contributed by atoms with Crippen molar-refractivity contribution < 1.29 is 23.8 Å². The molecular formula is C20H21ClO5. The molecule has 6 heteroatoms. The van der Waals surface area contributed by atoms with Gasteiger partial charge in [0.05, 0.1) is 12.2 Å². The Bertz CT molecular complexity index is 778. The van der Waals surface area contributed by atoms with Crippen molar-refractivity contribution in [1.29, 1.82) is 0 Å². The first-order chi connectivity index (χ1) is 12.4. The summed E-state index contributed by atoms with van der Waals surface area (Å²) in [6.45, 7) is 5.73. The minimum absolute atomic E-state index is 0.257. The number of esters is 2. The fourth-order valence-corrected chi connectivity index (χ4v) is 2.37. The van der Waals surface area contributed by atoms with Crippen molar-refractivity contribution in [1.82, 2.24) is 0 Å². The van der Waals surface area contributed by atoms with Crippen molar-refractivity contribution in [3.05, 3.63) is 58.1 Å². The van der Waals surface area contributed by atoms with Crippen LogP contribution in [0.5, 0.6) is 11.5 Å². The molecule has 0 atom stereocenters. The van der Waals surface area contributed by atoms with E-state index in [1.807, 2.05) is 20.8 Å². The maximum Gasteiger partial charge on any atom is 0.349 e. The average molecular weight is 377 g/mol. The van der Waals surface area contributed by atoms with E-state index >= 15 is 0 Å². The van der Waals surface area contributed by atoms with Crippen LogP contribution in [0.4, 0.5) is 0 Å². The summed E-state index contributed by atoms with van der Waals surface area (Å²) in [6.07, 6.45) is 0.738. The van der Waals surface area contributed by atoms with Gasteiger partial charge < -0.3 is 14.2 Å². The lowest BCUT2D eigenvalue weighted by atomic mass is 10.1. The smallest absolute Gasteiger partial charge is 0.349 e. The number of hydrogen-bond acceptors (Lipinski definition) is 5. The zero-order chi connectivity index (χ0) is 19.1. The number of aryl methyl sites for hydroxylation is 2. The van der Waals surface area contributed by atoms with Crippen molar-refractivity contribution in [2.75, 3.05) is 13.2 Å².